The SMILES string of the molecule is CO[C@@H]1[C@H](OC(C)(C)C)[C@@H](C(O)C(=O)O)O[C@]1(n1ccc(=O)[nH]c1=O)[SiH](C)C. The van der Waals surface area contributed by atoms with E-state index >= 15 is 0 Å². The molecular formula is C17H28N2O8Si. The minimum atomic E-state index is -2.01. The smallest absolute Gasteiger partial charge is 0.335 e. The molecule has 1 fully saturated rings. The van der Waals surface area contributed by atoms with Gasteiger partial charge in [0.2, 0.25) is 0 Å². The lowest BCUT2D eigenvalue weighted by atomic mass is 10.0. The van der Waals surface area contributed by atoms with Gasteiger partial charge in [-0.15, -0.1) is 0 Å². The highest BCUT2D eigenvalue weighted by Gasteiger charge is 2.62. The highest BCUT2D eigenvalue weighted by Crippen LogP contribution is 2.42. The van der Waals surface area contributed by atoms with Gasteiger partial charge in [-0.25, -0.2) is 9.59 Å². The van der Waals surface area contributed by atoms with Gasteiger partial charge in [-0.1, -0.05) is 13.1 Å². The summed E-state index contributed by atoms with van der Waals surface area (Å²) in [4.78, 5) is 37.8. The number of aromatic amines is 1. The molecule has 0 bridgehead atoms. The summed E-state index contributed by atoms with van der Waals surface area (Å²) in [6, 6.07) is 1.18. The van der Waals surface area contributed by atoms with Gasteiger partial charge in [0.15, 0.2) is 11.5 Å². The molecule has 3 N–H and O–H groups in total. The molecular weight excluding hydrogens is 388 g/mol. The second kappa shape index (κ2) is 7.91. The molecule has 0 spiro atoms. The summed E-state index contributed by atoms with van der Waals surface area (Å²) in [5.74, 6) is -1.47. The van der Waals surface area contributed by atoms with E-state index in [4.69, 9.17) is 14.2 Å². The monoisotopic (exact) mass is 416 g/mol. The van der Waals surface area contributed by atoms with Gasteiger partial charge in [-0.2, -0.15) is 0 Å². The molecule has 11 heteroatoms. The molecule has 2 heterocycles. The zero-order valence-corrected chi connectivity index (χ0v) is 18.0. The van der Waals surface area contributed by atoms with Gasteiger partial charge in [-0.3, -0.25) is 14.3 Å². The van der Waals surface area contributed by atoms with Crippen LogP contribution in [0.1, 0.15) is 20.8 Å². The molecule has 1 aromatic heterocycles. The van der Waals surface area contributed by atoms with Crippen LogP contribution in [0.25, 0.3) is 0 Å². The number of nitrogens with one attached hydrogen (secondary N) is 1. The summed E-state index contributed by atoms with van der Waals surface area (Å²) in [6.07, 6.45) is -3.73. The molecule has 28 heavy (non-hydrogen) atoms. The molecule has 1 aliphatic heterocycles. The van der Waals surface area contributed by atoms with Crippen LogP contribution in [-0.4, -0.2) is 71.7 Å². The van der Waals surface area contributed by atoms with E-state index in [1.807, 2.05) is 13.1 Å². The predicted octanol–water partition coefficient (Wildman–Crippen LogP) is -0.742. The number of hydrogen-bond donors (Lipinski definition) is 3. The third-order valence-electron chi connectivity index (χ3n) is 4.69. The Morgan fingerprint density at radius 1 is 1.39 bits per heavy atom. The number of nitrogens with zero attached hydrogens (tertiary/aromatic N) is 1. The van der Waals surface area contributed by atoms with E-state index in [1.54, 1.807) is 20.8 Å². The van der Waals surface area contributed by atoms with Crippen molar-refractivity contribution in [1.82, 2.24) is 9.55 Å². The van der Waals surface area contributed by atoms with Crippen molar-refractivity contribution >= 4 is 14.8 Å². The summed E-state index contributed by atoms with van der Waals surface area (Å²) in [7, 11) is -0.605. The standard InChI is InChI=1S/C17H28N2O8Si/c1-16(2,3)26-12-11(10(21)14(22)23)27-17(28(5)6,13(12)25-4)19-8-7-9(20)18-15(19)24/h7-8,10-13,21,28H,1-6H3,(H,22,23)(H,18,20,24)/t10?,11-,12-,13-,17+/m1/s1. The molecule has 158 valence electrons. The maximum atomic E-state index is 12.6. The number of carbonyl (C=O) groups is 1. The largest absolute Gasteiger partial charge is 0.479 e. The van der Waals surface area contributed by atoms with Gasteiger partial charge in [0.05, 0.1) is 14.4 Å². The quantitative estimate of drug-likeness (QED) is 0.515. The number of ether oxygens (including phenoxy) is 3. The minimum absolute atomic E-state index is 0.571. The minimum Gasteiger partial charge on any atom is -0.479 e. The Bertz CT molecular complexity index is 829. The molecule has 0 radical (unpaired) electrons. The molecule has 5 atom stereocenters. The molecule has 1 aliphatic rings. The van der Waals surface area contributed by atoms with Crippen molar-refractivity contribution in [3.8, 4) is 0 Å². The fourth-order valence-electron chi connectivity index (χ4n) is 3.61. The number of methoxy groups -OCH3 is 1. The van der Waals surface area contributed by atoms with Crippen molar-refractivity contribution in [3.63, 3.8) is 0 Å². The van der Waals surface area contributed by atoms with Crippen LogP contribution in [0.5, 0.6) is 0 Å². The molecule has 10 nitrogen and oxygen atoms in total. The lowest BCUT2D eigenvalue weighted by molar-refractivity contribution is -0.171. The summed E-state index contributed by atoms with van der Waals surface area (Å²) in [6.45, 7) is 9.13. The lowest BCUT2D eigenvalue weighted by Gasteiger charge is -2.39. The normalized spacial score (nSPS) is 29.2. The molecule has 0 aliphatic carbocycles. The third kappa shape index (κ3) is 3.98. The van der Waals surface area contributed by atoms with Gasteiger partial charge in [-0.05, 0) is 20.8 Å². The summed E-state index contributed by atoms with van der Waals surface area (Å²) >= 11 is 0. The van der Waals surface area contributed by atoms with E-state index in [0.717, 1.165) is 0 Å². The molecule has 1 unspecified atom stereocenters. The first kappa shape index (κ1) is 22.5. The first-order valence-corrected chi connectivity index (χ1v) is 11.9. The average molecular weight is 417 g/mol. The van der Waals surface area contributed by atoms with Gasteiger partial charge < -0.3 is 24.4 Å². The van der Waals surface area contributed by atoms with Crippen LogP contribution in [0.3, 0.4) is 0 Å². The van der Waals surface area contributed by atoms with Crippen molar-refractivity contribution in [2.24, 2.45) is 0 Å². The van der Waals surface area contributed by atoms with Crippen LogP contribution >= 0.6 is 0 Å². The second-order valence-corrected chi connectivity index (χ2v) is 11.2. The number of rotatable bonds is 6. The summed E-state index contributed by atoms with van der Waals surface area (Å²) in [5.41, 5.74) is -1.99. The van der Waals surface area contributed by atoms with E-state index in [2.05, 4.69) is 4.98 Å². The highest BCUT2D eigenvalue weighted by atomic mass is 28.3. The lowest BCUT2D eigenvalue weighted by Crippen LogP contribution is -2.59. The fourth-order valence-corrected chi connectivity index (χ4v) is 5.79. The van der Waals surface area contributed by atoms with Gasteiger partial charge in [0, 0.05) is 19.4 Å². The van der Waals surface area contributed by atoms with Crippen molar-refractivity contribution in [2.45, 2.75) is 69.2 Å². The second-order valence-electron chi connectivity index (χ2n) is 8.10. The zero-order valence-electron chi connectivity index (χ0n) is 16.8. The number of hydrogen-bond acceptors (Lipinski definition) is 7. The van der Waals surface area contributed by atoms with Crippen LogP contribution in [0.2, 0.25) is 13.1 Å². The Balaban J connectivity index is 2.72. The van der Waals surface area contributed by atoms with Crippen LogP contribution in [0, 0.1) is 0 Å². The van der Waals surface area contributed by atoms with Crippen LogP contribution in [0.4, 0.5) is 0 Å². The number of carboxylic acids is 1. The first-order valence-electron chi connectivity index (χ1n) is 8.97. The number of aromatic nitrogens is 2. The van der Waals surface area contributed by atoms with E-state index in [0.29, 0.717) is 0 Å². The Morgan fingerprint density at radius 3 is 2.43 bits per heavy atom. The topological polar surface area (TPSA) is 140 Å². The zero-order chi connectivity index (χ0) is 21.4. The van der Waals surface area contributed by atoms with E-state index < -0.39 is 61.4 Å². The maximum Gasteiger partial charge on any atom is 0.335 e. The maximum absolute atomic E-state index is 12.6. The van der Waals surface area contributed by atoms with Gasteiger partial charge in [0.1, 0.15) is 18.3 Å². The van der Waals surface area contributed by atoms with Gasteiger partial charge >= 0.3 is 11.7 Å². The third-order valence-corrected chi connectivity index (χ3v) is 7.09. The highest BCUT2D eigenvalue weighted by molar-refractivity contribution is 6.58. The molecule has 1 saturated heterocycles. The van der Waals surface area contributed by atoms with E-state index in [1.165, 1.54) is 23.9 Å². The fraction of sp³-hybridized carbons (Fsp3) is 0.706. The number of carboxylic acid groups (broad SMARTS) is 1. The molecule has 1 aromatic rings. The van der Waals surface area contributed by atoms with Crippen molar-refractivity contribution < 1.29 is 29.2 Å². The molecule has 0 saturated carbocycles. The van der Waals surface area contributed by atoms with Crippen LogP contribution in [0.15, 0.2) is 21.9 Å². The Labute approximate surface area is 163 Å². The number of aliphatic hydroxyl groups is 1. The van der Waals surface area contributed by atoms with E-state index in [-0.39, 0.29) is 0 Å². The number of aliphatic carboxylic acids is 1. The van der Waals surface area contributed by atoms with Gasteiger partial charge in [0.25, 0.3) is 5.56 Å². The molecule has 0 amide bonds. The van der Waals surface area contributed by atoms with Crippen molar-refractivity contribution in [3.05, 3.63) is 33.1 Å². The summed E-state index contributed by atoms with van der Waals surface area (Å²) < 4.78 is 19.1. The molecule has 2 rings (SSSR count). The first-order chi connectivity index (χ1) is 12.8. The Morgan fingerprint density at radius 2 is 2.00 bits per heavy atom. The predicted molar refractivity (Wildman–Crippen MR) is 102 cm³/mol. The van der Waals surface area contributed by atoms with E-state index in [9.17, 15) is 24.6 Å². The molecule has 0 aromatic carbocycles. The Kier molecular flexibility index (Phi) is 6.36. The van der Waals surface area contributed by atoms with Crippen LogP contribution in [-0.2, 0) is 24.4 Å². The van der Waals surface area contributed by atoms with Crippen LogP contribution < -0.4 is 11.2 Å². The average Bonchev–Trinajstić information content (AvgIpc) is 2.87. The van der Waals surface area contributed by atoms with Crippen molar-refractivity contribution in [2.75, 3.05) is 7.11 Å². The Hall–Kier alpha value is -1.79. The van der Waals surface area contributed by atoms with Crippen molar-refractivity contribution in [1.29, 1.82) is 0 Å². The summed E-state index contributed by atoms with van der Waals surface area (Å²) in [5, 5.41) is 18.3. The number of aliphatic hydroxyl groups excluding tert-OH is 1. The number of H-pyrrole nitrogens is 1.